The Morgan fingerprint density at radius 3 is 3.14 bits per heavy atom. The zero-order valence-corrected chi connectivity index (χ0v) is 12.9. The molecule has 0 N–H and O–H groups in total. The Kier molecular flexibility index (Phi) is 3.46. The monoisotopic (exact) mass is 304 g/mol. The van der Waals surface area contributed by atoms with E-state index in [-0.39, 0.29) is 17.5 Å². The third kappa shape index (κ3) is 2.59. The number of ether oxygens (including phenoxy) is 2. The summed E-state index contributed by atoms with van der Waals surface area (Å²) >= 11 is 1.99. The summed E-state index contributed by atoms with van der Waals surface area (Å²) in [5.41, 5.74) is 2.09. The molecule has 2 atom stereocenters. The third-order valence-electron chi connectivity index (χ3n) is 4.82. The number of fused-ring (bicyclic) bond motifs is 1. The summed E-state index contributed by atoms with van der Waals surface area (Å²) in [6.07, 6.45) is 4.86. The highest BCUT2D eigenvalue weighted by Gasteiger charge is 2.41. The molecular formula is C17H20O3S. The second-order valence-corrected chi connectivity index (χ2v) is 7.41. The van der Waals surface area contributed by atoms with Crippen molar-refractivity contribution in [2.45, 2.75) is 43.8 Å². The first-order chi connectivity index (χ1) is 10.2. The maximum atomic E-state index is 11.7. The molecule has 1 aliphatic carbocycles. The molecule has 0 aromatic heterocycles. The number of thioether (sulfide) groups is 1. The van der Waals surface area contributed by atoms with E-state index < -0.39 is 0 Å². The van der Waals surface area contributed by atoms with E-state index in [0.717, 1.165) is 54.9 Å². The Morgan fingerprint density at radius 2 is 2.29 bits per heavy atom. The molecule has 21 heavy (non-hydrogen) atoms. The van der Waals surface area contributed by atoms with E-state index in [1.54, 1.807) is 0 Å². The molecule has 112 valence electrons. The van der Waals surface area contributed by atoms with Crippen molar-refractivity contribution in [1.82, 2.24) is 0 Å². The fourth-order valence-electron chi connectivity index (χ4n) is 3.64. The van der Waals surface area contributed by atoms with Crippen LogP contribution in [0.4, 0.5) is 0 Å². The quantitative estimate of drug-likeness (QED) is 0.840. The number of aryl methyl sites for hydroxylation is 1. The van der Waals surface area contributed by atoms with Gasteiger partial charge in [-0.2, -0.15) is 11.8 Å². The molecule has 0 radical (unpaired) electrons. The topological polar surface area (TPSA) is 35.5 Å². The molecule has 1 aromatic rings. The van der Waals surface area contributed by atoms with Gasteiger partial charge >= 0.3 is 0 Å². The number of carbonyl (C=O) groups excluding carboxylic acids is 1. The van der Waals surface area contributed by atoms with Crippen molar-refractivity contribution in [2.24, 2.45) is 0 Å². The largest absolute Gasteiger partial charge is 0.490 e. The van der Waals surface area contributed by atoms with E-state index in [2.05, 4.69) is 6.07 Å². The number of ketones is 1. The Labute approximate surface area is 129 Å². The van der Waals surface area contributed by atoms with Gasteiger partial charge in [-0.3, -0.25) is 4.79 Å². The fourth-order valence-corrected chi connectivity index (χ4v) is 5.02. The molecule has 2 heterocycles. The summed E-state index contributed by atoms with van der Waals surface area (Å²) in [7, 11) is 0. The van der Waals surface area contributed by atoms with Crippen molar-refractivity contribution in [2.75, 3.05) is 18.1 Å². The van der Waals surface area contributed by atoms with Crippen LogP contribution in [0, 0.1) is 0 Å². The van der Waals surface area contributed by atoms with Gasteiger partial charge in [0, 0.05) is 30.6 Å². The van der Waals surface area contributed by atoms with Gasteiger partial charge in [-0.15, -0.1) is 0 Å². The first kappa shape index (κ1) is 13.6. The van der Waals surface area contributed by atoms with Gasteiger partial charge in [-0.1, -0.05) is 0 Å². The highest BCUT2D eigenvalue weighted by Crippen LogP contribution is 2.39. The summed E-state index contributed by atoms with van der Waals surface area (Å²) in [5.74, 6) is 3.49. The second kappa shape index (κ2) is 5.33. The van der Waals surface area contributed by atoms with Gasteiger partial charge in [-0.05, 0) is 42.4 Å². The standard InChI is InChI=1S/C17H20O3S/c18-16-4-1-12-9-13(2-3-15(12)16)20-14-5-7-19-17(10-14)6-8-21-11-17/h2-3,9,14H,1,4-8,10-11H2. The fraction of sp³-hybridized carbons (Fsp3) is 0.588. The lowest BCUT2D eigenvalue weighted by molar-refractivity contribution is -0.0959. The Hall–Kier alpha value is -1.00. The summed E-state index contributed by atoms with van der Waals surface area (Å²) in [4.78, 5) is 11.7. The number of rotatable bonds is 2. The normalized spacial score (nSPS) is 31.6. The van der Waals surface area contributed by atoms with E-state index >= 15 is 0 Å². The summed E-state index contributed by atoms with van der Waals surface area (Å²) in [6, 6.07) is 5.94. The highest BCUT2D eigenvalue weighted by atomic mass is 32.2. The molecule has 2 aliphatic heterocycles. The molecule has 2 saturated heterocycles. The minimum absolute atomic E-state index is 0.0558. The van der Waals surface area contributed by atoms with Crippen LogP contribution in [0.3, 0.4) is 0 Å². The van der Waals surface area contributed by atoms with Crippen LogP contribution in [-0.4, -0.2) is 35.6 Å². The molecule has 0 amide bonds. The molecular weight excluding hydrogens is 284 g/mol. The number of benzene rings is 1. The number of Topliss-reactive ketones (excluding diaryl/α,β-unsaturated/α-hetero) is 1. The van der Waals surface area contributed by atoms with Crippen LogP contribution in [0.1, 0.15) is 41.6 Å². The van der Waals surface area contributed by atoms with Gasteiger partial charge < -0.3 is 9.47 Å². The van der Waals surface area contributed by atoms with Gasteiger partial charge in [0.05, 0.1) is 12.2 Å². The van der Waals surface area contributed by atoms with Crippen LogP contribution in [-0.2, 0) is 11.2 Å². The minimum atomic E-state index is 0.0558. The summed E-state index contributed by atoms with van der Waals surface area (Å²) < 4.78 is 12.2. The Bertz CT molecular complexity index is 563. The molecule has 3 nitrogen and oxygen atoms in total. The summed E-state index contributed by atoms with van der Waals surface area (Å²) in [6.45, 7) is 0.800. The van der Waals surface area contributed by atoms with Gasteiger partial charge in [0.2, 0.25) is 0 Å². The minimum Gasteiger partial charge on any atom is -0.490 e. The number of hydrogen-bond acceptors (Lipinski definition) is 4. The predicted octanol–water partition coefficient (Wildman–Crippen LogP) is 3.25. The SMILES string of the molecule is O=C1CCc2cc(OC3CCOC4(CCSC4)C3)ccc21. The van der Waals surface area contributed by atoms with Crippen LogP contribution in [0.25, 0.3) is 0 Å². The van der Waals surface area contributed by atoms with Gasteiger partial charge in [0.1, 0.15) is 11.9 Å². The summed E-state index contributed by atoms with van der Waals surface area (Å²) in [5, 5.41) is 0. The molecule has 4 heteroatoms. The first-order valence-electron chi connectivity index (χ1n) is 7.79. The second-order valence-electron chi connectivity index (χ2n) is 6.31. The van der Waals surface area contributed by atoms with Crippen molar-refractivity contribution >= 4 is 17.5 Å². The Balaban J connectivity index is 1.47. The first-order valence-corrected chi connectivity index (χ1v) is 8.94. The molecule has 0 bridgehead atoms. The van der Waals surface area contributed by atoms with Crippen molar-refractivity contribution < 1.29 is 14.3 Å². The Morgan fingerprint density at radius 1 is 1.33 bits per heavy atom. The van der Waals surface area contributed by atoms with Gasteiger partial charge in [0.15, 0.2) is 5.78 Å². The average molecular weight is 304 g/mol. The molecule has 1 aromatic carbocycles. The van der Waals surface area contributed by atoms with Crippen molar-refractivity contribution in [3.63, 3.8) is 0 Å². The van der Waals surface area contributed by atoms with Crippen molar-refractivity contribution in [3.05, 3.63) is 29.3 Å². The van der Waals surface area contributed by atoms with Crippen LogP contribution in [0.2, 0.25) is 0 Å². The predicted molar refractivity (Wildman–Crippen MR) is 83.4 cm³/mol. The molecule has 3 aliphatic rings. The van der Waals surface area contributed by atoms with E-state index in [1.807, 2.05) is 23.9 Å². The molecule has 2 unspecified atom stereocenters. The van der Waals surface area contributed by atoms with Crippen LogP contribution in [0.15, 0.2) is 18.2 Å². The van der Waals surface area contributed by atoms with Crippen molar-refractivity contribution in [3.8, 4) is 5.75 Å². The van der Waals surface area contributed by atoms with E-state index in [0.29, 0.717) is 6.42 Å². The zero-order chi connectivity index (χ0) is 14.3. The third-order valence-corrected chi connectivity index (χ3v) is 6.04. The maximum Gasteiger partial charge on any atom is 0.163 e. The van der Waals surface area contributed by atoms with Crippen molar-refractivity contribution in [1.29, 1.82) is 0 Å². The lowest BCUT2D eigenvalue weighted by Gasteiger charge is -2.37. The van der Waals surface area contributed by atoms with E-state index in [4.69, 9.17) is 9.47 Å². The van der Waals surface area contributed by atoms with Gasteiger partial charge in [0.25, 0.3) is 0 Å². The van der Waals surface area contributed by atoms with E-state index in [1.165, 1.54) is 5.75 Å². The average Bonchev–Trinajstić information content (AvgIpc) is 3.07. The number of carbonyl (C=O) groups is 1. The lowest BCUT2D eigenvalue weighted by atomic mass is 9.91. The molecule has 2 fully saturated rings. The molecule has 1 spiro atoms. The zero-order valence-electron chi connectivity index (χ0n) is 12.1. The van der Waals surface area contributed by atoms with Gasteiger partial charge in [-0.25, -0.2) is 0 Å². The van der Waals surface area contributed by atoms with Crippen LogP contribution < -0.4 is 4.74 Å². The van der Waals surface area contributed by atoms with Crippen LogP contribution in [0.5, 0.6) is 5.75 Å². The smallest absolute Gasteiger partial charge is 0.163 e. The maximum absolute atomic E-state index is 11.7. The van der Waals surface area contributed by atoms with Crippen LogP contribution >= 0.6 is 11.8 Å². The lowest BCUT2D eigenvalue weighted by Crippen LogP contribution is -2.43. The molecule has 4 rings (SSSR count). The molecule has 0 saturated carbocycles. The highest BCUT2D eigenvalue weighted by molar-refractivity contribution is 7.99. The van der Waals surface area contributed by atoms with E-state index in [9.17, 15) is 4.79 Å². The number of hydrogen-bond donors (Lipinski definition) is 0.